The summed E-state index contributed by atoms with van der Waals surface area (Å²) < 4.78 is 5.29. The second kappa shape index (κ2) is 11.5. The number of nitrogens with two attached hydrogens (primary N) is 1. The molecule has 1 aliphatic rings. The number of rotatable bonds is 8. The van der Waals surface area contributed by atoms with Crippen LogP contribution in [0.25, 0.3) is 0 Å². The van der Waals surface area contributed by atoms with E-state index in [1.807, 2.05) is 19.9 Å². The number of hydrogen-bond acceptors (Lipinski definition) is 4. The van der Waals surface area contributed by atoms with Crippen LogP contribution in [0.2, 0.25) is 0 Å². The van der Waals surface area contributed by atoms with Crippen LogP contribution >= 0.6 is 24.0 Å². The SMILES string of the molecule is CCOCCCNC(N)=NCc1ccc(C)nc1N1CCCC1.I. The molecule has 0 spiro atoms. The van der Waals surface area contributed by atoms with Gasteiger partial charge in [0.25, 0.3) is 0 Å². The Labute approximate surface area is 162 Å². The fourth-order valence-electron chi connectivity index (χ4n) is 2.66. The van der Waals surface area contributed by atoms with Gasteiger partial charge in [-0.15, -0.1) is 24.0 Å². The molecule has 1 aromatic rings. The van der Waals surface area contributed by atoms with Crippen molar-refractivity contribution >= 4 is 35.8 Å². The number of hydrogen-bond donors (Lipinski definition) is 2. The lowest BCUT2D eigenvalue weighted by Gasteiger charge is -2.20. The monoisotopic (exact) mass is 447 g/mol. The van der Waals surface area contributed by atoms with E-state index in [4.69, 9.17) is 15.5 Å². The lowest BCUT2D eigenvalue weighted by atomic mass is 10.2. The number of aryl methyl sites for hydroxylation is 1. The smallest absolute Gasteiger partial charge is 0.188 e. The molecular formula is C17H30IN5O. The molecule has 0 bridgehead atoms. The molecule has 2 heterocycles. The van der Waals surface area contributed by atoms with Gasteiger partial charge in [-0.1, -0.05) is 6.07 Å². The molecule has 136 valence electrons. The van der Waals surface area contributed by atoms with Gasteiger partial charge in [-0.25, -0.2) is 9.98 Å². The summed E-state index contributed by atoms with van der Waals surface area (Å²) in [6, 6.07) is 4.15. The third kappa shape index (κ3) is 6.80. The molecular weight excluding hydrogens is 417 g/mol. The summed E-state index contributed by atoms with van der Waals surface area (Å²) in [5.74, 6) is 1.55. The summed E-state index contributed by atoms with van der Waals surface area (Å²) in [4.78, 5) is 11.5. The molecule has 1 aromatic heterocycles. The topological polar surface area (TPSA) is 75.8 Å². The number of guanidine groups is 1. The molecule has 2 rings (SSSR count). The Morgan fingerprint density at radius 2 is 2.12 bits per heavy atom. The molecule has 6 nitrogen and oxygen atoms in total. The average Bonchev–Trinajstić information content (AvgIpc) is 3.07. The molecule has 24 heavy (non-hydrogen) atoms. The molecule has 0 radical (unpaired) electrons. The quantitative estimate of drug-likeness (QED) is 0.277. The standard InChI is InChI=1S/C17H29N5O.HI/c1-3-23-12-6-9-19-17(18)20-13-15-8-7-14(2)21-16(15)22-10-4-5-11-22;/h7-8H,3-6,9-13H2,1-2H3,(H3,18,19,20);1H. The van der Waals surface area contributed by atoms with Gasteiger partial charge < -0.3 is 20.7 Å². The van der Waals surface area contributed by atoms with Crippen LogP contribution < -0.4 is 16.0 Å². The van der Waals surface area contributed by atoms with Gasteiger partial charge in [-0.05, 0) is 39.2 Å². The molecule has 0 unspecified atom stereocenters. The van der Waals surface area contributed by atoms with Crippen molar-refractivity contribution in [2.75, 3.05) is 37.7 Å². The lowest BCUT2D eigenvalue weighted by molar-refractivity contribution is 0.145. The number of halogens is 1. The second-order valence-electron chi connectivity index (χ2n) is 5.81. The van der Waals surface area contributed by atoms with E-state index >= 15 is 0 Å². The largest absolute Gasteiger partial charge is 0.382 e. The fourth-order valence-corrected chi connectivity index (χ4v) is 2.66. The summed E-state index contributed by atoms with van der Waals surface area (Å²) >= 11 is 0. The number of nitrogens with one attached hydrogen (secondary N) is 1. The first-order valence-electron chi connectivity index (χ1n) is 8.53. The van der Waals surface area contributed by atoms with Gasteiger partial charge in [0.1, 0.15) is 5.82 Å². The first kappa shape index (κ1) is 21.0. The van der Waals surface area contributed by atoms with Gasteiger partial charge in [0.15, 0.2) is 5.96 Å². The van der Waals surface area contributed by atoms with Crippen molar-refractivity contribution in [1.29, 1.82) is 0 Å². The van der Waals surface area contributed by atoms with Gasteiger partial charge in [0.05, 0.1) is 6.54 Å². The Hall–Kier alpha value is -1.09. The Kier molecular flexibility index (Phi) is 10.0. The van der Waals surface area contributed by atoms with Crippen LogP contribution in [0, 0.1) is 6.92 Å². The van der Waals surface area contributed by atoms with Crippen molar-refractivity contribution in [1.82, 2.24) is 10.3 Å². The molecule has 0 aliphatic carbocycles. The van der Waals surface area contributed by atoms with Crippen molar-refractivity contribution in [2.24, 2.45) is 10.7 Å². The highest BCUT2D eigenvalue weighted by Crippen LogP contribution is 2.23. The molecule has 1 saturated heterocycles. The van der Waals surface area contributed by atoms with Crippen molar-refractivity contribution in [3.05, 3.63) is 23.4 Å². The molecule has 0 saturated carbocycles. The van der Waals surface area contributed by atoms with E-state index in [-0.39, 0.29) is 24.0 Å². The van der Waals surface area contributed by atoms with E-state index in [2.05, 4.69) is 21.3 Å². The third-order valence-electron chi connectivity index (χ3n) is 3.90. The normalized spacial score (nSPS) is 14.6. The lowest BCUT2D eigenvalue weighted by Crippen LogP contribution is -2.33. The molecule has 3 N–H and O–H groups in total. The van der Waals surface area contributed by atoms with E-state index in [1.165, 1.54) is 12.8 Å². The van der Waals surface area contributed by atoms with Gasteiger partial charge in [0.2, 0.25) is 0 Å². The first-order chi connectivity index (χ1) is 11.2. The zero-order valence-electron chi connectivity index (χ0n) is 14.8. The predicted octanol–water partition coefficient (Wildman–Crippen LogP) is 2.44. The minimum atomic E-state index is 0. The van der Waals surface area contributed by atoms with Crippen LogP contribution in [-0.4, -0.2) is 43.8 Å². The van der Waals surface area contributed by atoms with E-state index in [0.717, 1.165) is 56.3 Å². The Balaban J connectivity index is 0.00000288. The highest BCUT2D eigenvalue weighted by molar-refractivity contribution is 14.0. The van der Waals surface area contributed by atoms with Crippen LogP contribution in [0.1, 0.15) is 37.4 Å². The third-order valence-corrected chi connectivity index (χ3v) is 3.90. The Morgan fingerprint density at radius 3 is 2.83 bits per heavy atom. The van der Waals surface area contributed by atoms with Gasteiger partial charge in [0, 0.05) is 44.1 Å². The molecule has 1 aliphatic heterocycles. The number of pyridine rings is 1. The van der Waals surface area contributed by atoms with Crippen LogP contribution in [-0.2, 0) is 11.3 Å². The van der Waals surface area contributed by atoms with Crippen LogP contribution in [0.4, 0.5) is 5.82 Å². The van der Waals surface area contributed by atoms with Crippen molar-refractivity contribution < 1.29 is 4.74 Å². The summed E-state index contributed by atoms with van der Waals surface area (Å²) in [6.45, 7) is 9.03. The summed E-state index contributed by atoms with van der Waals surface area (Å²) in [5.41, 5.74) is 8.11. The zero-order chi connectivity index (χ0) is 16.5. The number of aromatic nitrogens is 1. The molecule has 0 atom stereocenters. The minimum absolute atomic E-state index is 0. The number of aliphatic imine (C=N–C) groups is 1. The number of ether oxygens (including phenoxy) is 1. The van der Waals surface area contributed by atoms with Gasteiger partial charge >= 0.3 is 0 Å². The van der Waals surface area contributed by atoms with E-state index in [0.29, 0.717) is 12.5 Å². The highest BCUT2D eigenvalue weighted by atomic mass is 127. The van der Waals surface area contributed by atoms with Crippen molar-refractivity contribution in [3.8, 4) is 0 Å². The van der Waals surface area contributed by atoms with Crippen LogP contribution in [0.15, 0.2) is 17.1 Å². The number of anilines is 1. The predicted molar refractivity (Wildman–Crippen MR) is 110 cm³/mol. The first-order valence-corrected chi connectivity index (χ1v) is 8.53. The van der Waals surface area contributed by atoms with Crippen LogP contribution in [0.3, 0.4) is 0 Å². The summed E-state index contributed by atoms with van der Waals surface area (Å²) in [6.07, 6.45) is 3.40. The zero-order valence-corrected chi connectivity index (χ0v) is 17.1. The Bertz CT molecular complexity index is 518. The van der Waals surface area contributed by atoms with E-state index in [9.17, 15) is 0 Å². The maximum Gasteiger partial charge on any atom is 0.188 e. The number of nitrogens with zero attached hydrogens (tertiary/aromatic N) is 3. The molecule has 1 fully saturated rings. The summed E-state index contributed by atoms with van der Waals surface area (Å²) in [5, 5.41) is 3.13. The second-order valence-corrected chi connectivity index (χ2v) is 5.81. The maximum atomic E-state index is 5.93. The van der Waals surface area contributed by atoms with E-state index < -0.39 is 0 Å². The molecule has 0 aromatic carbocycles. The maximum absolute atomic E-state index is 5.93. The molecule has 0 amide bonds. The van der Waals surface area contributed by atoms with E-state index in [1.54, 1.807) is 0 Å². The Morgan fingerprint density at radius 1 is 1.38 bits per heavy atom. The van der Waals surface area contributed by atoms with Crippen LogP contribution in [0.5, 0.6) is 0 Å². The average molecular weight is 447 g/mol. The van der Waals surface area contributed by atoms with Crippen molar-refractivity contribution in [2.45, 2.75) is 39.7 Å². The molecule has 7 heteroatoms. The fraction of sp³-hybridized carbons (Fsp3) is 0.647. The highest BCUT2D eigenvalue weighted by Gasteiger charge is 2.17. The summed E-state index contributed by atoms with van der Waals surface area (Å²) in [7, 11) is 0. The van der Waals surface area contributed by atoms with Gasteiger partial charge in [-0.2, -0.15) is 0 Å². The van der Waals surface area contributed by atoms with Crippen molar-refractivity contribution in [3.63, 3.8) is 0 Å². The minimum Gasteiger partial charge on any atom is -0.382 e. The van der Waals surface area contributed by atoms with Gasteiger partial charge in [-0.3, -0.25) is 0 Å².